The highest BCUT2D eigenvalue weighted by Gasteiger charge is 2.05. The van der Waals surface area contributed by atoms with Gasteiger partial charge in [0.1, 0.15) is 5.75 Å². The zero-order valence-electron chi connectivity index (χ0n) is 8.37. The average molecular weight is 180 g/mol. The molecule has 0 spiro atoms. The fourth-order valence-corrected chi connectivity index (χ4v) is 1.25. The Kier molecular flexibility index (Phi) is 3.32. The van der Waals surface area contributed by atoms with E-state index in [-0.39, 0.29) is 6.61 Å². The van der Waals surface area contributed by atoms with Crippen LogP contribution in [0.25, 0.3) is 0 Å². The lowest BCUT2D eigenvalue weighted by Gasteiger charge is -2.10. The summed E-state index contributed by atoms with van der Waals surface area (Å²) >= 11 is 0. The van der Waals surface area contributed by atoms with Gasteiger partial charge >= 0.3 is 0 Å². The summed E-state index contributed by atoms with van der Waals surface area (Å²) in [6, 6.07) is 5.92. The van der Waals surface area contributed by atoms with E-state index >= 15 is 0 Å². The number of hydrogen-bond acceptors (Lipinski definition) is 2. The predicted octanol–water partition coefficient (Wildman–Crippen LogP) is 2.31. The average Bonchev–Trinajstić information content (AvgIpc) is 2.16. The largest absolute Gasteiger partial charge is 0.496 e. The van der Waals surface area contributed by atoms with Crippen LogP contribution >= 0.6 is 0 Å². The molecule has 0 atom stereocenters. The summed E-state index contributed by atoms with van der Waals surface area (Å²) in [5.41, 5.74) is 2.07. The Bertz CT molecular complexity index is 279. The highest BCUT2D eigenvalue weighted by Crippen LogP contribution is 2.24. The molecular weight excluding hydrogens is 164 g/mol. The second-order valence-electron chi connectivity index (χ2n) is 3.38. The Labute approximate surface area is 79.2 Å². The van der Waals surface area contributed by atoms with Crippen molar-refractivity contribution in [3.05, 3.63) is 29.3 Å². The van der Waals surface area contributed by atoms with Crippen molar-refractivity contribution < 1.29 is 9.84 Å². The third-order valence-corrected chi connectivity index (χ3v) is 2.15. The molecule has 2 nitrogen and oxygen atoms in total. The molecule has 1 aromatic carbocycles. The molecule has 72 valence electrons. The van der Waals surface area contributed by atoms with Gasteiger partial charge in [-0.05, 0) is 17.5 Å². The third kappa shape index (κ3) is 2.22. The third-order valence-electron chi connectivity index (χ3n) is 2.15. The number of benzene rings is 1. The van der Waals surface area contributed by atoms with E-state index in [1.54, 1.807) is 7.11 Å². The number of aliphatic hydroxyl groups excluding tert-OH is 1. The van der Waals surface area contributed by atoms with E-state index in [9.17, 15) is 0 Å². The molecule has 0 radical (unpaired) electrons. The Morgan fingerprint density at radius 2 is 2.08 bits per heavy atom. The van der Waals surface area contributed by atoms with Gasteiger partial charge in [0.05, 0.1) is 13.7 Å². The molecule has 0 unspecified atom stereocenters. The van der Waals surface area contributed by atoms with Crippen LogP contribution in [0.5, 0.6) is 5.75 Å². The zero-order chi connectivity index (χ0) is 9.84. The van der Waals surface area contributed by atoms with Crippen molar-refractivity contribution in [2.24, 2.45) is 0 Å². The summed E-state index contributed by atoms with van der Waals surface area (Å²) in [4.78, 5) is 0. The Morgan fingerprint density at radius 1 is 1.38 bits per heavy atom. The van der Waals surface area contributed by atoms with Crippen LogP contribution in [0.2, 0.25) is 0 Å². The topological polar surface area (TPSA) is 29.5 Å². The molecule has 0 bridgehead atoms. The first-order valence-corrected chi connectivity index (χ1v) is 4.46. The van der Waals surface area contributed by atoms with Gasteiger partial charge in [0.25, 0.3) is 0 Å². The Balaban J connectivity index is 3.05. The molecule has 0 aliphatic carbocycles. The van der Waals surface area contributed by atoms with E-state index in [2.05, 4.69) is 13.8 Å². The van der Waals surface area contributed by atoms with Gasteiger partial charge in [-0.1, -0.05) is 26.0 Å². The van der Waals surface area contributed by atoms with Crippen molar-refractivity contribution in [2.75, 3.05) is 7.11 Å². The van der Waals surface area contributed by atoms with Crippen LogP contribution < -0.4 is 4.74 Å². The van der Waals surface area contributed by atoms with Crippen LogP contribution in [0.1, 0.15) is 30.9 Å². The Morgan fingerprint density at radius 3 is 2.54 bits per heavy atom. The highest BCUT2D eigenvalue weighted by atomic mass is 16.5. The maximum Gasteiger partial charge on any atom is 0.124 e. The van der Waals surface area contributed by atoms with E-state index in [4.69, 9.17) is 9.84 Å². The lowest BCUT2D eigenvalue weighted by molar-refractivity contribution is 0.273. The van der Waals surface area contributed by atoms with E-state index < -0.39 is 0 Å². The lowest BCUT2D eigenvalue weighted by Crippen LogP contribution is -1.95. The minimum Gasteiger partial charge on any atom is -0.496 e. The van der Waals surface area contributed by atoms with Gasteiger partial charge < -0.3 is 9.84 Å². The smallest absolute Gasteiger partial charge is 0.124 e. The van der Waals surface area contributed by atoms with Crippen molar-refractivity contribution >= 4 is 0 Å². The molecule has 2 heteroatoms. The number of rotatable bonds is 3. The Hall–Kier alpha value is -1.02. The molecule has 0 aliphatic rings. The normalized spacial score (nSPS) is 10.5. The number of hydrogen-bond donors (Lipinski definition) is 1. The van der Waals surface area contributed by atoms with E-state index in [0.717, 1.165) is 11.3 Å². The van der Waals surface area contributed by atoms with Crippen LogP contribution in [-0.4, -0.2) is 12.2 Å². The van der Waals surface area contributed by atoms with Crippen LogP contribution in [0.3, 0.4) is 0 Å². The van der Waals surface area contributed by atoms with Gasteiger partial charge in [-0.25, -0.2) is 0 Å². The molecule has 0 heterocycles. The van der Waals surface area contributed by atoms with Gasteiger partial charge in [-0.15, -0.1) is 0 Å². The summed E-state index contributed by atoms with van der Waals surface area (Å²) in [5, 5.41) is 9.00. The molecule has 1 aromatic rings. The molecule has 0 aliphatic heterocycles. The van der Waals surface area contributed by atoms with Gasteiger partial charge in [-0.2, -0.15) is 0 Å². The van der Waals surface area contributed by atoms with E-state index in [1.165, 1.54) is 5.56 Å². The molecule has 1 rings (SSSR count). The van der Waals surface area contributed by atoms with Crippen LogP contribution in [0.15, 0.2) is 18.2 Å². The summed E-state index contributed by atoms with van der Waals surface area (Å²) < 4.78 is 5.17. The molecule has 0 fully saturated rings. The van der Waals surface area contributed by atoms with Crippen LogP contribution in [0.4, 0.5) is 0 Å². The molecule has 0 amide bonds. The quantitative estimate of drug-likeness (QED) is 0.773. The molecule has 13 heavy (non-hydrogen) atoms. The van der Waals surface area contributed by atoms with Crippen molar-refractivity contribution in [2.45, 2.75) is 26.4 Å². The summed E-state index contributed by atoms with van der Waals surface area (Å²) in [6.07, 6.45) is 0. The minimum atomic E-state index is 0.0293. The fourth-order valence-electron chi connectivity index (χ4n) is 1.25. The monoisotopic (exact) mass is 180 g/mol. The first kappa shape index (κ1) is 10.1. The van der Waals surface area contributed by atoms with Gasteiger partial charge in [0.2, 0.25) is 0 Å². The zero-order valence-corrected chi connectivity index (χ0v) is 8.37. The molecule has 0 saturated carbocycles. The SMILES string of the molecule is COc1cc(C(C)C)ccc1CO. The molecule has 1 N–H and O–H groups in total. The van der Waals surface area contributed by atoms with Gasteiger partial charge in [0.15, 0.2) is 0 Å². The first-order valence-electron chi connectivity index (χ1n) is 4.46. The van der Waals surface area contributed by atoms with E-state index in [1.807, 2.05) is 18.2 Å². The van der Waals surface area contributed by atoms with Crippen molar-refractivity contribution in [1.82, 2.24) is 0 Å². The van der Waals surface area contributed by atoms with Crippen LogP contribution in [-0.2, 0) is 6.61 Å². The molecule has 0 saturated heterocycles. The standard InChI is InChI=1S/C11H16O2/c1-8(2)9-4-5-10(7-12)11(6-9)13-3/h4-6,8,12H,7H2,1-3H3. The number of aliphatic hydroxyl groups is 1. The van der Waals surface area contributed by atoms with Crippen molar-refractivity contribution in [1.29, 1.82) is 0 Å². The molecular formula is C11H16O2. The second kappa shape index (κ2) is 4.28. The summed E-state index contributed by atoms with van der Waals surface area (Å²) in [6.45, 7) is 4.29. The maximum atomic E-state index is 9.00. The van der Waals surface area contributed by atoms with Gasteiger partial charge in [0, 0.05) is 5.56 Å². The highest BCUT2D eigenvalue weighted by molar-refractivity contribution is 5.38. The van der Waals surface area contributed by atoms with Crippen molar-refractivity contribution in [3.63, 3.8) is 0 Å². The van der Waals surface area contributed by atoms with Gasteiger partial charge in [-0.3, -0.25) is 0 Å². The maximum absolute atomic E-state index is 9.00. The lowest BCUT2D eigenvalue weighted by atomic mass is 10.0. The number of methoxy groups -OCH3 is 1. The summed E-state index contributed by atoms with van der Waals surface area (Å²) in [5.74, 6) is 1.26. The predicted molar refractivity (Wildman–Crippen MR) is 53.0 cm³/mol. The van der Waals surface area contributed by atoms with E-state index in [0.29, 0.717) is 5.92 Å². The molecule has 0 aromatic heterocycles. The summed E-state index contributed by atoms with van der Waals surface area (Å²) in [7, 11) is 1.62. The fraction of sp³-hybridized carbons (Fsp3) is 0.455. The number of ether oxygens (including phenoxy) is 1. The second-order valence-corrected chi connectivity index (χ2v) is 3.38. The minimum absolute atomic E-state index is 0.0293. The van der Waals surface area contributed by atoms with Crippen molar-refractivity contribution in [3.8, 4) is 5.75 Å². The first-order chi connectivity index (χ1) is 6.19. The van der Waals surface area contributed by atoms with Crippen LogP contribution in [0, 0.1) is 0 Å².